The molecule has 0 spiro atoms. The van der Waals surface area contributed by atoms with E-state index >= 15 is 0 Å². The molecule has 0 bridgehead atoms. The van der Waals surface area contributed by atoms with E-state index in [2.05, 4.69) is 10.3 Å². The van der Waals surface area contributed by atoms with Gasteiger partial charge in [0.1, 0.15) is 12.2 Å². The molecule has 2 rings (SSSR count). The Labute approximate surface area is 99.4 Å². The summed E-state index contributed by atoms with van der Waals surface area (Å²) in [5, 5.41) is 11.7. The topological polar surface area (TPSA) is 132 Å². The van der Waals surface area contributed by atoms with Crippen LogP contribution >= 0.6 is 0 Å². The van der Waals surface area contributed by atoms with Crippen LogP contribution in [0, 0.1) is 0 Å². The Balaban J connectivity index is 2.17. The summed E-state index contributed by atoms with van der Waals surface area (Å²) in [6, 6.07) is 0.0952. The number of H-pyrrole nitrogens is 1. The van der Waals surface area contributed by atoms with E-state index in [1.54, 1.807) is 0 Å². The van der Waals surface area contributed by atoms with Gasteiger partial charge in [-0.25, -0.2) is 4.79 Å². The maximum Gasteiger partial charge on any atom is 0.343 e. The Hall–Kier alpha value is -2.84. The summed E-state index contributed by atoms with van der Waals surface area (Å²) >= 11 is 0. The molecule has 0 saturated carbocycles. The number of nitrogens with zero attached hydrogens (tertiary/aromatic N) is 1. The van der Waals surface area contributed by atoms with Gasteiger partial charge in [-0.15, -0.1) is 0 Å². The van der Waals surface area contributed by atoms with Crippen LogP contribution in [0.5, 0.6) is 5.75 Å². The molecule has 0 atom stereocenters. The molecule has 2 heterocycles. The van der Waals surface area contributed by atoms with E-state index in [-0.39, 0.29) is 12.2 Å². The van der Waals surface area contributed by atoms with Crippen molar-refractivity contribution in [3.8, 4) is 5.75 Å². The van der Waals surface area contributed by atoms with Crippen molar-refractivity contribution in [2.45, 2.75) is 0 Å². The van der Waals surface area contributed by atoms with Gasteiger partial charge in [-0.05, 0) is 0 Å². The van der Waals surface area contributed by atoms with Crippen LogP contribution in [0.15, 0.2) is 17.1 Å². The molecule has 0 aliphatic carbocycles. The van der Waals surface area contributed by atoms with Gasteiger partial charge in [0.2, 0.25) is 5.43 Å². The van der Waals surface area contributed by atoms with Crippen molar-refractivity contribution in [2.24, 2.45) is 0 Å². The van der Waals surface area contributed by atoms with E-state index < -0.39 is 29.0 Å². The average Bonchev–Trinajstić information content (AvgIpc) is 2.64. The van der Waals surface area contributed by atoms with E-state index in [9.17, 15) is 19.2 Å². The van der Waals surface area contributed by atoms with Crippen LogP contribution in [0.25, 0.3) is 0 Å². The van der Waals surface area contributed by atoms with E-state index in [1.807, 2.05) is 5.43 Å². The van der Waals surface area contributed by atoms with Crippen molar-refractivity contribution in [3.05, 3.63) is 28.2 Å². The first-order valence-corrected chi connectivity index (χ1v) is 4.82. The second-order valence-electron chi connectivity index (χ2n) is 3.42. The number of imide groups is 1. The normalized spacial score (nSPS) is 14.6. The van der Waals surface area contributed by atoms with Gasteiger partial charge >= 0.3 is 6.03 Å². The Morgan fingerprint density at radius 3 is 2.67 bits per heavy atom. The van der Waals surface area contributed by atoms with E-state index in [0.717, 1.165) is 12.3 Å². The number of aromatic amines is 1. The molecule has 4 N–H and O–H groups in total. The molecular formula is C9H8N4O5. The van der Waals surface area contributed by atoms with Crippen molar-refractivity contribution < 1.29 is 19.5 Å². The Bertz CT molecular complexity index is 577. The second kappa shape index (κ2) is 4.20. The van der Waals surface area contributed by atoms with Gasteiger partial charge < -0.3 is 15.4 Å². The summed E-state index contributed by atoms with van der Waals surface area (Å²) in [5.74, 6) is -2.01. The highest BCUT2D eigenvalue weighted by Crippen LogP contribution is 2.00. The van der Waals surface area contributed by atoms with Gasteiger partial charge in [-0.2, -0.15) is 5.01 Å². The van der Waals surface area contributed by atoms with E-state index in [0.29, 0.717) is 5.01 Å². The molecule has 0 aromatic carbocycles. The molecule has 1 saturated heterocycles. The summed E-state index contributed by atoms with van der Waals surface area (Å²) in [6.07, 6.45) is 0.934. The lowest BCUT2D eigenvalue weighted by Gasteiger charge is -2.13. The zero-order valence-electron chi connectivity index (χ0n) is 8.89. The third-order valence-electron chi connectivity index (χ3n) is 2.19. The average molecular weight is 252 g/mol. The number of hydrazine groups is 1. The predicted molar refractivity (Wildman–Crippen MR) is 56.4 cm³/mol. The summed E-state index contributed by atoms with van der Waals surface area (Å²) in [5.41, 5.74) is 1.08. The van der Waals surface area contributed by atoms with Crippen LogP contribution in [-0.4, -0.2) is 39.5 Å². The zero-order chi connectivity index (χ0) is 13.3. The molecule has 0 unspecified atom stereocenters. The summed E-state index contributed by atoms with van der Waals surface area (Å²) in [4.78, 5) is 47.4. The zero-order valence-corrected chi connectivity index (χ0v) is 8.89. The number of aromatic nitrogens is 1. The molecule has 1 aliphatic rings. The largest absolute Gasteiger partial charge is 0.503 e. The first kappa shape index (κ1) is 11.6. The molecule has 1 aliphatic heterocycles. The Kier molecular flexibility index (Phi) is 2.72. The number of hydrogen-bond donors (Lipinski definition) is 4. The minimum Gasteiger partial charge on any atom is -0.503 e. The lowest BCUT2D eigenvalue weighted by molar-refractivity contribution is -0.126. The van der Waals surface area contributed by atoms with Crippen LogP contribution in [0.1, 0.15) is 10.5 Å². The van der Waals surface area contributed by atoms with Crippen molar-refractivity contribution in [1.29, 1.82) is 0 Å². The van der Waals surface area contributed by atoms with Crippen molar-refractivity contribution >= 4 is 17.8 Å². The van der Waals surface area contributed by atoms with Gasteiger partial charge in [-0.3, -0.25) is 19.8 Å². The quantitative estimate of drug-likeness (QED) is 0.465. The molecule has 94 valence electrons. The molecule has 1 aromatic heterocycles. The van der Waals surface area contributed by atoms with Gasteiger partial charge in [0.25, 0.3) is 11.8 Å². The number of nitrogens with one attached hydrogen (secondary N) is 3. The predicted octanol–water partition coefficient (Wildman–Crippen LogP) is -1.72. The highest BCUT2D eigenvalue weighted by molar-refractivity contribution is 6.04. The first-order valence-electron chi connectivity index (χ1n) is 4.82. The highest BCUT2D eigenvalue weighted by Gasteiger charge is 2.30. The molecule has 0 radical (unpaired) electrons. The molecule has 4 amide bonds. The molecular weight excluding hydrogens is 244 g/mol. The highest BCUT2D eigenvalue weighted by atomic mass is 16.3. The number of pyridine rings is 1. The summed E-state index contributed by atoms with van der Waals surface area (Å²) in [7, 11) is 0. The van der Waals surface area contributed by atoms with Crippen LogP contribution in [0.4, 0.5) is 4.79 Å². The molecule has 9 heteroatoms. The third-order valence-corrected chi connectivity index (χ3v) is 2.19. The monoisotopic (exact) mass is 252 g/mol. The minimum atomic E-state index is -0.850. The lowest BCUT2D eigenvalue weighted by atomic mass is 10.3. The van der Waals surface area contributed by atoms with Crippen LogP contribution in [-0.2, 0) is 4.79 Å². The van der Waals surface area contributed by atoms with Gasteiger partial charge in [0, 0.05) is 12.3 Å². The number of rotatable bonds is 2. The summed E-state index contributed by atoms with van der Waals surface area (Å²) < 4.78 is 0. The maximum atomic E-state index is 11.6. The number of carbonyl (C=O) groups is 3. The van der Waals surface area contributed by atoms with E-state index in [4.69, 9.17) is 5.11 Å². The minimum absolute atomic E-state index is 0.190. The van der Waals surface area contributed by atoms with Gasteiger partial charge in [0.15, 0.2) is 5.75 Å². The van der Waals surface area contributed by atoms with Crippen molar-refractivity contribution in [2.75, 3.05) is 6.54 Å². The fourth-order valence-electron chi connectivity index (χ4n) is 1.29. The van der Waals surface area contributed by atoms with Crippen molar-refractivity contribution in [1.82, 2.24) is 20.7 Å². The number of hydrogen-bond acceptors (Lipinski definition) is 5. The van der Waals surface area contributed by atoms with Crippen LogP contribution < -0.4 is 16.2 Å². The summed E-state index contributed by atoms with van der Waals surface area (Å²) in [6.45, 7) is -0.203. The maximum absolute atomic E-state index is 11.6. The fourth-order valence-corrected chi connectivity index (χ4v) is 1.29. The lowest BCUT2D eigenvalue weighted by Crippen LogP contribution is -2.46. The fraction of sp³-hybridized carbons (Fsp3) is 0.111. The first-order chi connectivity index (χ1) is 8.49. The standard InChI is InChI=1S/C9H8N4O5/c14-5-1-4(10-2-6(5)15)8(17)12-13-7(16)3-11-9(13)18/h1-2,15H,3H2,(H,10,14)(H,11,18)(H,12,17). The Morgan fingerprint density at radius 1 is 1.39 bits per heavy atom. The number of urea groups is 1. The molecule has 18 heavy (non-hydrogen) atoms. The molecule has 9 nitrogen and oxygen atoms in total. The Morgan fingerprint density at radius 2 is 2.11 bits per heavy atom. The van der Waals surface area contributed by atoms with Crippen LogP contribution in [0.2, 0.25) is 0 Å². The molecule has 1 fully saturated rings. The van der Waals surface area contributed by atoms with Gasteiger partial charge in [-0.1, -0.05) is 0 Å². The van der Waals surface area contributed by atoms with Gasteiger partial charge in [0.05, 0.1) is 0 Å². The second-order valence-corrected chi connectivity index (χ2v) is 3.42. The van der Waals surface area contributed by atoms with Crippen molar-refractivity contribution in [3.63, 3.8) is 0 Å². The SMILES string of the molecule is O=C(NN1C(=O)CNC1=O)c1cc(=O)c(O)c[nH]1. The van der Waals surface area contributed by atoms with E-state index in [1.165, 1.54) is 0 Å². The third kappa shape index (κ3) is 2.00. The number of aromatic hydroxyl groups is 1. The van der Waals surface area contributed by atoms with Crippen LogP contribution in [0.3, 0.4) is 0 Å². The molecule has 1 aromatic rings. The number of carbonyl (C=O) groups excluding carboxylic acids is 3. The smallest absolute Gasteiger partial charge is 0.343 e. The number of amides is 4.